The van der Waals surface area contributed by atoms with E-state index in [1.54, 1.807) is 24.9 Å². The Morgan fingerprint density at radius 3 is 2.42 bits per heavy atom. The number of fused-ring (bicyclic) bond motifs is 1. The highest BCUT2D eigenvalue weighted by Crippen LogP contribution is 2.39. The lowest BCUT2D eigenvalue weighted by Crippen LogP contribution is -2.44. The lowest BCUT2D eigenvalue weighted by atomic mass is 10.1. The van der Waals surface area contributed by atoms with Crippen molar-refractivity contribution >= 4 is 16.8 Å². The molecule has 1 N–H and O–H groups in total. The maximum atomic E-state index is 13.0. The van der Waals surface area contributed by atoms with Gasteiger partial charge in [-0.2, -0.15) is 13.9 Å². The fraction of sp³-hybridized carbons (Fsp3) is 0.321. The number of methoxy groups -OCH3 is 1. The number of nitrogens with zero attached hydrogens (tertiary/aromatic N) is 3. The number of aromatic nitrogens is 3. The van der Waals surface area contributed by atoms with Gasteiger partial charge in [0.25, 0.3) is 5.91 Å². The molecule has 2 heterocycles. The SMILES string of the molecule is CC(Cn1ncc2cc(-c3ccc(C4CC4)nc3)ccc21)NC(=O)C(C)(F)F.COc1ccccc1. The van der Waals surface area contributed by atoms with Gasteiger partial charge in [-0.25, -0.2) is 0 Å². The second-order valence-electron chi connectivity index (χ2n) is 9.13. The normalized spacial score (nSPS) is 14.0. The fourth-order valence-corrected chi connectivity index (χ4v) is 3.82. The number of nitrogens with one attached hydrogen (secondary N) is 1. The zero-order valence-corrected chi connectivity index (χ0v) is 20.6. The first-order valence-corrected chi connectivity index (χ1v) is 11.9. The number of amides is 1. The fourth-order valence-electron chi connectivity index (χ4n) is 3.82. The molecule has 1 unspecified atom stereocenters. The highest BCUT2D eigenvalue weighted by Gasteiger charge is 2.33. The third kappa shape index (κ3) is 6.44. The van der Waals surface area contributed by atoms with E-state index < -0.39 is 17.9 Å². The molecule has 5 rings (SSSR count). The van der Waals surface area contributed by atoms with Crippen LogP contribution in [0.5, 0.6) is 5.75 Å². The molecular formula is C28H30F2N4O2. The van der Waals surface area contributed by atoms with Crippen LogP contribution >= 0.6 is 0 Å². The Kier molecular flexibility index (Phi) is 7.62. The predicted octanol–water partition coefficient (Wildman–Crippen LogP) is 5.83. The first-order valence-electron chi connectivity index (χ1n) is 11.9. The van der Waals surface area contributed by atoms with Crippen LogP contribution in [0.4, 0.5) is 8.78 Å². The zero-order chi connectivity index (χ0) is 25.7. The summed E-state index contributed by atoms with van der Waals surface area (Å²) in [5, 5.41) is 7.62. The smallest absolute Gasteiger partial charge is 0.321 e. The highest BCUT2D eigenvalue weighted by molar-refractivity contribution is 5.85. The molecule has 0 saturated heterocycles. The highest BCUT2D eigenvalue weighted by atomic mass is 19.3. The second-order valence-corrected chi connectivity index (χ2v) is 9.13. The molecule has 0 bridgehead atoms. The van der Waals surface area contributed by atoms with E-state index in [4.69, 9.17) is 4.74 Å². The maximum Gasteiger partial charge on any atom is 0.321 e. The van der Waals surface area contributed by atoms with Crippen molar-refractivity contribution in [2.75, 3.05) is 7.11 Å². The number of halogens is 2. The number of benzene rings is 2. The Bertz CT molecular complexity index is 1300. The molecule has 1 saturated carbocycles. The molecule has 0 spiro atoms. The maximum absolute atomic E-state index is 13.0. The van der Waals surface area contributed by atoms with Crippen LogP contribution in [0, 0.1) is 0 Å². The van der Waals surface area contributed by atoms with Gasteiger partial charge in [-0.1, -0.05) is 30.3 Å². The monoisotopic (exact) mass is 492 g/mol. The number of hydrogen-bond donors (Lipinski definition) is 1. The van der Waals surface area contributed by atoms with Gasteiger partial charge < -0.3 is 10.1 Å². The number of carbonyl (C=O) groups is 1. The van der Waals surface area contributed by atoms with Crippen molar-refractivity contribution in [2.45, 2.75) is 51.1 Å². The number of para-hydroxylation sites is 1. The van der Waals surface area contributed by atoms with Gasteiger partial charge in [-0.15, -0.1) is 0 Å². The molecule has 1 atom stereocenters. The Labute approximate surface area is 209 Å². The summed E-state index contributed by atoms with van der Waals surface area (Å²) in [6.07, 6.45) is 6.11. The van der Waals surface area contributed by atoms with E-state index in [1.165, 1.54) is 12.8 Å². The lowest BCUT2D eigenvalue weighted by molar-refractivity contribution is -0.143. The van der Waals surface area contributed by atoms with Gasteiger partial charge in [-0.3, -0.25) is 14.5 Å². The van der Waals surface area contributed by atoms with Gasteiger partial charge in [-0.05, 0) is 55.7 Å². The Balaban J connectivity index is 0.000000325. The average molecular weight is 493 g/mol. The Morgan fingerprint density at radius 1 is 1.11 bits per heavy atom. The Morgan fingerprint density at radius 2 is 1.83 bits per heavy atom. The standard InChI is InChI=1S/C21H22F2N4O.C7H8O/c1-13(26-20(28)21(2,22)23)12-27-19-8-6-15(9-17(19)11-25-27)16-5-7-18(24-10-16)14-3-4-14;1-8-7-5-3-2-4-6-7/h5-11,13-14H,3-4,12H2,1-2H3,(H,26,28);2-6H,1H3. The van der Waals surface area contributed by atoms with Gasteiger partial charge in [0, 0.05) is 41.7 Å². The summed E-state index contributed by atoms with van der Waals surface area (Å²) >= 11 is 0. The third-order valence-corrected chi connectivity index (χ3v) is 5.96. The second kappa shape index (κ2) is 10.8. The van der Waals surface area contributed by atoms with Gasteiger partial charge in [0.05, 0.1) is 25.4 Å². The zero-order valence-electron chi connectivity index (χ0n) is 20.6. The molecule has 1 amide bonds. The van der Waals surface area contributed by atoms with Gasteiger partial charge in [0.1, 0.15) is 5.75 Å². The minimum absolute atomic E-state index is 0.308. The number of alkyl halides is 2. The summed E-state index contributed by atoms with van der Waals surface area (Å²) in [5.41, 5.74) is 4.14. The summed E-state index contributed by atoms with van der Waals surface area (Å²) in [4.78, 5) is 16.0. The summed E-state index contributed by atoms with van der Waals surface area (Å²) in [6.45, 7) is 2.58. The molecule has 2 aromatic carbocycles. The van der Waals surface area contributed by atoms with Gasteiger partial charge >= 0.3 is 5.92 Å². The summed E-state index contributed by atoms with van der Waals surface area (Å²) < 4.78 is 32.7. The number of rotatable bonds is 7. The molecule has 2 aromatic heterocycles. The van der Waals surface area contributed by atoms with Crippen molar-refractivity contribution in [3.05, 3.63) is 78.8 Å². The number of pyridine rings is 1. The first kappa shape index (κ1) is 25.3. The van der Waals surface area contributed by atoms with E-state index in [-0.39, 0.29) is 0 Å². The predicted molar refractivity (Wildman–Crippen MR) is 136 cm³/mol. The van der Waals surface area contributed by atoms with Crippen LogP contribution in [-0.2, 0) is 11.3 Å². The minimum Gasteiger partial charge on any atom is -0.497 e. The number of hydrogen-bond acceptors (Lipinski definition) is 4. The van der Waals surface area contributed by atoms with Crippen LogP contribution < -0.4 is 10.1 Å². The topological polar surface area (TPSA) is 69.0 Å². The lowest BCUT2D eigenvalue weighted by Gasteiger charge is -2.17. The first-order chi connectivity index (χ1) is 17.2. The van der Waals surface area contributed by atoms with Crippen LogP contribution in [0.3, 0.4) is 0 Å². The molecule has 1 aliphatic rings. The van der Waals surface area contributed by atoms with Crippen molar-refractivity contribution < 1.29 is 18.3 Å². The van der Waals surface area contributed by atoms with Crippen LogP contribution in [-0.4, -0.2) is 39.7 Å². The van der Waals surface area contributed by atoms with E-state index in [2.05, 4.69) is 27.5 Å². The van der Waals surface area contributed by atoms with Crippen molar-refractivity contribution in [2.24, 2.45) is 0 Å². The molecule has 0 aliphatic heterocycles. The summed E-state index contributed by atoms with van der Waals surface area (Å²) in [6, 6.07) is 19.4. The summed E-state index contributed by atoms with van der Waals surface area (Å²) in [5.74, 6) is -3.13. The quantitative estimate of drug-likeness (QED) is 0.352. The van der Waals surface area contributed by atoms with Gasteiger partial charge in [0.15, 0.2) is 0 Å². The van der Waals surface area contributed by atoms with E-state index >= 15 is 0 Å². The molecule has 8 heteroatoms. The van der Waals surface area contributed by atoms with E-state index in [9.17, 15) is 13.6 Å². The van der Waals surface area contributed by atoms with Crippen LogP contribution in [0.15, 0.2) is 73.1 Å². The third-order valence-electron chi connectivity index (χ3n) is 5.96. The van der Waals surface area contributed by atoms with E-state index in [0.29, 0.717) is 19.4 Å². The minimum atomic E-state index is -3.39. The van der Waals surface area contributed by atoms with Crippen molar-refractivity contribution in [1.82, 2.24) is 20.1 Å². The number of carbonyl (C=O) groups excluding carboxylic acids is 1. The molecule has 36 heavy (non-hydrogen) atoms. The van der Waals surface area contributed by atoms with Crippen LogP contribution in [0.2, 0.25) is 0 Å². The molecule has 1 fully saturated rings. The van der Waals surface area contributed by atoms with Crippen molar-refractivity contribution in [3.8, 4) is 16.9 Å². The van der Waals surface area contributed by atoms with Crippen LogP contribution in [0.1, 0.15) is 38.3 Å². The molecule has 4 aromatic rings. The molecule has 0 radical (unpaired) electrons. The molecule has 6 nitrogen and oxygen atoms in total. The Hall–Kier alpha value is -3.81. The van der Waals surface area contributed by atoms with E-state index in [1.807, 2.05) is 54.7 Å². The average Bonchev–Trinajstić information content (AvgIpc) is 3.66. The number of ether oxygens (including phenoxy) is 1. The molecule has 188 valence electrons. The molecular weight excluding hydrogens is 462 g/mol. The van der Waals surface area contributed by atoms with Crippen molar-refractivity contribution in [3.63, 3.8) is 0 Å². The molecule has 1 aliphatic carbocycles. The van der Waals surface area contributed by atoms with E-state index in [0.717, 1.165) is 33.5 Å². The van der Waals surface area contributed by atoms with Crippen LogP contribution in [0.25, 0.3) is 22.0 Å². The van der Waals surface area contributed by atoms with Crippen molar-refractivity contribution in [1.29, 1.82) is 0 Å². The van der Waals surface area contributed by atoms with Gasteiger partial charge in [0.2, 0.25) is 0 Å². The summed E-state index contributed by atoms with van der Waals surface area (Å²) in [7, 11) is 1.66. The largest absolute Gasteiger partial charge is 0.497 e.